The molecule has 3 atom stereocenters. The van der Waals surface area contributed by atoms with Crippen molar-refractivity contribution in [2.45, 2.75) is 39.2 Å². The van der Waals surface area contributed by atoms with Crippen molar-refractivity contribution in [3.05, 3.63) is 0 Å². The molecule has 1 nitrogen and oxygen atoms in total. The van der Waals surface area contributed by atoms with Crippen molar-refractivity contribution in [3.8, 4) is 0 Å². The van der Waals surface area contributed by atoms with Gasteiger partial charge in [-0.25, -0.2) is 0 Å². The van der Waals surface area contributed by atoms with E-state index < -0.39 is 0 Å². The summed E-state index contributed by atoms with van der Waals surface area (Å²) in [6, 6.07) is 0. The van der Waals surface area contributed by atoms with Crippen LogP contribution in [0.2, 0.25) is 0 Å². The third-order valence-corrected chi connectivity index (χ3v) is 2.66. The molecule has 0 radical (unpaired) electrons. The van der Waals surface area contributed by atoms with E-state index in [9.17, 15) is 5.11 Å². The van der Waals surface area contributed by atoms with Crippen molar-refractivity contribution in [1.82, 2.24) is 0 Å². The molecule has 1 fully saturated rings. The summed E-state index contributed by atoms with van der Waals surface area (Å²) in [6.07, 6.45) is 3.52. The van der Waals surface area contributed by atoms with Gasteiger partial charge in [-0.2, -0.15) is 0 Å². The van der Waals surface area contributed by atoms with Crippen LogP contribution < -0.4 is 0 Å². The molecule has 1 aliphatic rings. The lowest BCUT2D eigenvalue weighted by Gasteiger charge is -2.30. The number of aliphatic hydroxyl groups is 1. The summed E-state index contributed by atoms with van der Waals surface area (Å²) in [6.45, 7) is 4.38. The Morgan fingerprint density at radius 3 is 2.33 bits per heavy atom. The highest BCUT2D eigenvalue weighted by Crippen LogP contribution is 2.28. The van der Waals surface area contributed by atoms with E-state index in [1.807, 2.05) is 0 Å². The molecule has 0 unspecified atom stereocenters. The molecule has 0 amide bonds. The Balaban J connectivity index is 2.41. The minimum atomic E-state index is -0.0197. The number of aliphatic hydroxyl groups excluding tert-OH is 1. The van der Waals surface area contributed by atoms with Crippen LogP contribution >= 0.6 is 0 Å². The van der Waals surface area contributed by atoms with E-state index in [0.717, 1.165) is 12.3 Å². The number of rotatable bonds is 0. The fourth-order valence-electron chi connectivity index (χ4n) is 1.55. The zero-order valence-electron chi connectivity index (χ0n) is 6.30. The predicted octanol–water partition coefficient (Wildman–Crippen LogP) is 1.80. The molecule has 0 bridgehead atoms. The second-order valence-corrected chi connectivity index (χ2v) is 3.33. The fourth-order valence-corrected chi connectivity index (χ4v) is 1.55. The topological polar surface area (TPSA) is 20.2 Å². The summed E-state index contributed by atoms with van der Waals surface area (Å²) >= 11 is 0. The van der Waals surface area contributed by atoms with Gasteiger partial charge >= 0.3 is 0 Å². The highest BCUT2D eigenvalue weighted by atomic mass is 16.3. The first-order valence-electron chi connectivity index (χ1n) is 3.90. The number of hydrogen-bond donors (Lipinski definition) is 1. The van der Waals surface area contributed by atoms with Gasteiger partial charge in [0.25, 0.3) is 0 Å². The van der Waals surface area contributed by atoms with E-state index in [0.29, 0.717) is 5.92 Å². The van der Waals surface area contributed by atoms with Crippen molar-refractivity contribution in [1.29, 1.82) is 0 Å². The maximum atomic E-state index is 9.35. The average Bonchev–Trinajstić information content (AvgIpc) is 1.83. The lowest BCUT2D eigenvalue weighted by Crippen LogP contribution is -2.28. The van der Waals surface area contributed by atoms with Gasteiger partial charge in [-0.3, -0.25) is 0 Å². The van der Waals surface area contributed by atoms with Crippen LogP contribution in [0.15, 0.2) is 0 Å². The smallest absolute Gasteiger partial charge is 0.0568 e. The summed E-state index contributed by atoms with van der Waals surface area (Å²) < 4.78 is 0. The van der Waals surface area contributed by atoms with E-state index in [1.54, 1.807) is 0 Å². The summed E-state index contributed by atoms with van der Waals surface area (Å²) in [7, 11) is 0. The molecule has 1 N–H and O–H groups in total. The van der Waals surface area contributed by atoms with Gasteiger partial charge in [-0.05, 0) is 18.3 Å². The normalized spacial score (nSPS) is 45.0. The van der Waals surface area contributed by atoms with Crippen LogP contribution in [-0.2, 0) is 0 Å². The van der Waals surface area contributed by atoms with Crippen LogP contribution in [0.3, 0.4) is 0 Å². The molecule has 0 aromatic rings. The van der Waals surface area contributed by atoms with Crippen LogP contribution in [0.4, 0.5) is 0 Å². The monoisotopic (exact) mass is 128 g/mol. The minimum absolute atomic E-state index is 0.0197. The molecule has 1 saturated carbocycles. The van der Waals surface area contributed by atoms with Crippen molar-refractivity contribution in [3.63, 3.8) is 0 Å². The molecule has 0 aliphatic heterocycles. The van der Waals surface area contributed by atoms with Crippen LogP contribution in [0, 0.1) is 11.8 Å². The molecule has 0 aromatic carbocycles. The highest BCUT2D eigenvalue weighted by Gasteiger charge is 2.24. The molecule has 1 heteroatoms. The van der Waals surface area contributed by atoms with Crippen molar-refractivity contribution >= 4 is 0 Å². The molecule has 0 spiro atoms. The molecular formula is C8H16O. The Morgan fingerprint density at radius 2 is 1.89 bits per heavy atom. The Bertz CT molecular complexity index is 80.6. The Kier molecular flexibility index (Phi) is 2.12. The van der Waals surface area contributed by atoms with Gasteiger partial charge in [0.1, 0.15) is 0 Å². The first-order valence-corrected chi connectivity index (χ1v) is 3.90. The molecule has 0 heterocycles. The van der Waals surface area contributed by atoms with Crippen molar-refractivity contribution < 1.29 is 5.11 Å². The van der Waals surface area contributed by atoms with E-state index in [1.165, 1.54) is 12.8 Å². The first-order chi connectivity index (χ1) is 4.22. The van der Waals surface area contributed by atoms with Gasteiger partial charge in [0.05, 0.1) is 6.10 Å². The maximum absolute atomic E-state index is 9.35. The summed E-state index contributed by atoms with van der Waals surface area (Å²) in [5, 5.41) is 9.35. The van der Waals surface area contributed by atoms with Gasteiger partial charge in [-0.1, -0.05) is 26.7 Å². The van der Waals surface area contributed by atoms with E-state index in [-0.39, 0.29) is 6.10 Å². The molecular weight excluding hydrogens is 112 g/mol. The fraction of sp³-hybridized carbons (Fsp3) is 1.00. The van der Waals surface area contributed by atoms with Crippen molar-refractivity contribution in [2.75, 3.05) is 0 Å². The van der Waals surface area contributed by atoms with Gasteiger partial charge in [0, 0.05) is 0 Å². The lowest BCUT2D eigenvalue weighted by atomic mass is 9.80. The Labute approximate surface area is 57.1 Å². The summed E-state index contributed by atoms with van der Waals surface area (Å²) in [5.74, 6) is 1.26. The summed E-state index contributed by atoms with van der Waals surface area (Å²) in [5.41, 5.74) is 0. The first kappa shape index (κ1) is 7.07. The number of hydrogen-bond acceptors (Lipinski definition) is 1. The van der Waals surface area contributed by atoms with Gasteiger partial charge in [-0.15, -0.1) is 0 Å². The van der Waals surface area contributed by atoms with Crippen LogP contribution in [-0.4, -0.2) is 11.2 Å². The maximum Gasteiger partial charge on any atom is 0.0568 e. The summed E-state index contributed by atoms with van der Waals surface area (Å²) in [4.78, 5) is 0. The van der Waals surface area contributed by atoms with Gasteiger partial charge < -0.3 is 5.11 Å². The van der Waals surface area contributed by atoms with E-state index in [4.69, 9.17) is 0 Å². The largest absolute Gasteiger partial charge is 0.393 e. The molecule has 54 valence electrons. The lowest BCUT2D eigenvalue weighted by molar-refractivity contribution is 0.0486. The van der Waals surface area contributed by atoms with Crippen LogP contribution in [0.25, 0.3) is 0 Å². The Morgan fingerprint density at radius 1 is 1.22 bits per heavy atom. The van der Waals surface area contributed by atoms with Gasteiger partial charge in [0.15, 0.2) is 0 Å². The quantitative estimate of drug-likeness (QED) is 0.527. The van der Waals surface area contributed by atoms with E-state index in [2.05, 4.69) is 13.8 Å². The molecule has 1 rings (SSSR count). The minimum Gasteiger partial charge on any atom is -0.393 e. The second kappa shape index (κ2) is 2.70. The average molecular weight is 128 g/mol. The molecule has 0 aromatic heterocycles. The molecule has 0 saturated heterocycles. The zero-order chi connectivity index (χ0) is 6.85. The predicted molar refractivity (Wildman–Crippen MR) is 38.2 cm³/mol. The standard InChI is InChI=1S/C8H16O/c1-6-4-3-5-8(9)7(6)2/h6-9H,3-5H2,1-2H3/t6-,7+,8-/m0/s1. The third-order valence-electron chi connectivity index (χ3n) is 2.66. The van der Waals surface area contributed by atoms with Crippen LogP contribution in [0.1, 0.15) is 33.1 Å². The Hall–Kier alpha value is -0.0400. The highest BCUT2D eigenvalue weighted by molar-refractivity contribution is 4.75. The van der Waals surface area contributed by atoms with Crippen molar-refractivity contribution in [2.24, 2.45) is 11.8 Å². The van der Waals surface area contributed by atoms with Crippen LogP contribution in [0.5, 0.6) is 0 Å². The SMILES string of the molecule is C[C@@H]1[C@@H](C)CCC[C@@H]1O. The zero-order valence-corrected chi connectivity index (χ0v) is 6.30. The molecule has 1 aliphatic carbocycles. The van der Waals surface area contributed by atoms with E-state index >= 15 is 0 Å². The third kappa shape index (κ3) is 1.45. The van der Waals surface area contributed by atoms with Gasteiger partial charge in [0.2, 0.25) is 0 Å². The molecule has 9 heavy (non-hydrogen) atoms. The second-order valence-electron chi connectivity index (χ2n) is 3.33.